The molecule has 0 bridgehead atoms. The van der Waals surface area contributed by atoms with Crippen molar-refractivity contribution >= 4 is 22.6 Å². The van der Waals surface area contributed by atoms with Crippen molar-refractivity contribution in [2.24, 2.45) is 5.92 Å². The summed E-state index contributed by atoms with van der Waals surface area (Å²) in [6.07, 6.45) is 6.73. The van der Waals surface area contributed by atoms with Crippen molar-refractivity contribution in [1.29, 1.82) is 0 Å². The van der Waals surface area contributed by atoms with Gasteiger partial charge in [-0.3, -0.25) is 0 Å². The summed E-state index contributed by atoms with van der Waals surface area (Å²) in [7, 11) is 1.70. The first kappa shape index (κ1) is 16.8. The molecule has 5 heteroatoms. The zero-order valence-electron chi connectivity index (χ0n) is 14.5. The molecule has 1 heterocycles. The van der Waals surface area contributed by atoms with E-state index in [0.29, 0.717) is 12.5 Å². The number of carbonyl (C=O) groups excluding carboxylic acids is 1. The Balaban J connectivity index is 1.73. The highest BCUT2D eigenvalue weighted by Gasteiger charge is 2.23. The number of hydrogen-bond acceptors (Lipinski definition) is 2. The number of ether oxygens (including phenoxy) is 1. The maximum absolute atomic E-state index is 12.4. The van der Waals surface area contributed by atoms with E-state index in [1.165, 1.54) is 19.3 Å². The molecule has 3 rings (SSSR count). The summed E-state index contributed by atoms with van der Waals surface area (Å²) in [4.78, 5) is 12.4. The molecule has 0 aliphatic heterocycles. The Hall–Kier alpha value is -2.01. The van der Waals surface area contributed by atoms with Crippen LogP contribution in [-0.4, -0.2) is 30.4 Å². The molecular formula is C19H27N3O2. The van der Waals surface area contributed by atoms with Gasteiger partial charge in [0.05, 0.1) is 17.8 Å². The fraction of sp³-hybridized carbons (Fsp3) is 0.526. The molecule has 1 aromatic carbocycles. The highest BCUT2D eigenvalue weighted by molar-refractivity contribution is 6.01. The van der Waals surface area contributed by atoms with Crippen LogP contribution in [0.3, 0.4) is 0 Å². The van der Waals surface area contributed by atoms with E-state index >= 15 is 0 Å². The standard InChI is InChI=1S/C19H27N3O2/c1-14-7-3-5-9-16(14)20-19(23)21-17-13-22(11-12-24-2)18-10-6-4-8-15(17)18/h4,6,8,10,13-14,16H,3,5,7,9,11-12H2,1-2H3,(H2,20,21,23)/t14-,16-/m1/s1. The van der Waals surface area contributed by atoms with Gasteiger partial charge in [-0.1, -0.05) is 38.0 Å². The van der Waals surface area contributed by atoms with Crippen LogP contribution in [-0.2, 0) is 11.3 Å². The third-order valence-corrected chi connectivity index (χ3v) is 5.00. The van der Waals surface area contributed by atoms with Crippen molar-refractivity contribution in [1.82, 2.24) is 9.88 Å². The van der Waals surface area contributed by atoms with Gasteiger partial charge in [-0.15, -0.1) is 0 Å². The molecule has 1 saturated carbocycles. The molecule has 2 aromatic rings. The Morgan fingerprint density at radius 2 is 2.08 bits per heavy atom. The van der Waals surface area contributed by atoms with E-state index < -0.39 is 0 Å². The summed E-state index contributed by atoms with van der Waals surface area (Å²) < 4.78 is 7.30. The first-order chi connectivity index (χ1) is 11.7. The van der Waals surface area contributed by atoms with Crippen molar-refractivity contribution in [2.75, 3.05) is 19.0 Å². The summed E-state index contributed by atoms with van der Waals surface area (Å²) in [5, 5.41) is 7.24. The normalized spacial score (nSPS) is 20.9. The molecule has 2 amide bonds. The van der Waals surface area contributed by atoms with Gasteiger partial charge < -0.3 is 19.9 Å². The molecular weight excluding hydrogens is 302 g/mol. The fourth-order valence-corrected chi connectivity index (χ4v) is 3.58. The van der Waals surface area contributed by atoms with Crippen molar-refractivity contribution < 1.29 is 9.53 Å². The lowest BCUT2D eigenvalue weighted by molar-refractivity contribution is 0.188. The number of rotatable bonds is 5. The molecule has 1 fully saturated rings. The van der Waals surface area contributed by atoms with Gasteiger partial charge >= 0.3 is 6.03 Å². The Kier molecular flexibility index (Phi) is 5.41. The van der Waals surface area contributed by atoms with E-state index in [2.05, 4.69) is 28.2 Å². The lowest BCUT2D eigenvalue weighted by atomic mass is 9.86. The van der Waals surface area contributed by atoms with Crippen LogP contribution in [0.5, 0.6) is 0 Å². The maximum atomic E-state index is 12.4. The van der Waals surface area contributed by atoms with Gasteiger partial charge in [0.1, 0.15) is 0 Å². The Bertz CT molecular complexity index is 695. The second kappa shape index (κ2) is 7.71. The lowest BCUT2D eigenvalue weighted by Crippen LogP contribution is -2.43. The molecule has 0 spiro atoms. The summed E-state index contributed by atoms with van der Waals surface area (Å²) in [6, 6.07) is 8.28. The monoisotopic (exact) mass is 329 g/mol. The van der Waals surface area contributed by atoms with Crippen LogP contribution in [0.2, 0.25) is 0 Å². The number of anilines is 1. The minimum Gasteiger partial charge on any atom is -0.383 e. The molecule has 130 valence electrons. The molecule has 0 radical (unpaired) electrons. The van der Waals surface area contributed by atoms with Crippen molar-refractivity contribution in [3.63, 3.8) is 0 Å². The molecule has 2 atom stereocenters. The van der Waals surface area contributed by atoms with Gasteiger partial charge in [0.25, 0.3) is 0 Å². The summed E-state index contributed by atoms with van der Waals surface area (Å²) in [6.45, 7) is 3.63. The molecule has 5 nitrogen and oxygen atoms in total. The number of benzene rings is 1. The minimum atomic E-state index is -0.108. The number of aromatic nitrogens is 1. The summed E-state index contributed by atoms with van der Waals surface area (Å²) in [5.41, 5.74) is 1.96. The average Bonchev–Trinajstić information content (AvgIpc) is 2.93. The van der Waals surface area contributed by atoms with E-state index in [0.717, 1.165) is 29.6 Å². The second-order valence-corrected chi connectivity index (χ2v) is 6.71. The van der Waals surface area contributed by atoms with Crippen molar-refractivity contribution in [3.8, 4) is 0 Å². The van der Waals surface area contributed by atoms with E-state index in [9.17, 15) is 4.79 Å². The molecule has 0 unspecified atom stereocenters. The van der Waals surface area contributed by atoms with Crippen LogP contribution in [0.15, 0.2) is 30.5 Å². The number of urea groups is 1. The Labute approximate surface area is 143 Å². The Morgan fingerprint density at radius 1 is 1.29 bits per heavy atom. The predicted molar refractivity (Wildman–Crippen MR) is 97.4 cm³/mol. The molecule has 1 aliphatic carbocycles. The number of methoxy groups -OCH3 is 1. The van der Waals surface area contributed by atoms with Crippen molar-refractivity contribution in [2.45, 2.75) is 45.2 Å². The minimum absolute atomic E-state index is 0.108. The van der Waals surface area contributed by atoms with Gasteiger partial charge in [-0.2, -0.15) is 0 Å². The zero-order chi connectivity index (χ0) is 16.9. The highest BCUT2D eigenvalue weighted by atomic mass is 16.5. The van der Waals surface area contributed by atoms with Gasteiger partial charge in [-0.05, 0) is 24.8 Å². The average molecular weight is 329 g/mol. The fourth-order valence-electron chi connectivity index (χ4n) is 3.58. The lowest BCUT2D eigenvalue weighted by Gasteiger charge is -2.29. The zero-order valence-corrected chi connectivity index (χ0v) is 14.5. The quantitative estimate of drug-likeness (QED) is 0.871. The molecule has 0 saturated heterocycles. The summed E-state index contributed by atoms with van der Waals surface area (Å²) in [5.74, 6) is 0.549. The van der Waals surface area contributed by atoms with E-state index in [-0.39, 0.29) is 12.1 Å². The highest BCUT2D eigenvalue weighted by Crippen LogP contribution is 2.27. The number of fused-ring (bicyclic) bond motifs is 1. The van der Waals surface area contributed by atoms with Crippen LogP contribution in [0, 0.1) is 5.92 Å². The SMILES string of the molecule is COCCn1cc(NC(=O)N[C@@H]2CCCC[C@H]2C)c2ccccc21. The largest absolute Gasteiger partial charge is 0.383 e. The number of hydrogen-bond donors (Lipinski definition) is 2. The second-order valence-electron chi connectivity index (χ2n) is 6.71. The Morgan fingerprint density at radius 3 is 2.88 bits per heavy atom. The first-order valence-corrected chi connectivity index (χ1v) is 8.83. The van der Waals surface area contributed by atoms with Gasteiger partial charge in [0, 0.05) is 31.3 Å². The topological polar surface area (TPSA) is 55.3 Å². The van der Waals surface area contributed by atoms with Crippen LogP contribution in [0.1, 0.15) is 32.6 Å². The molecule has 1 aliphatic rings. The van der Waals surface area contributed by atoms with Crippen LogP contribution in [0.4, 0.5) is 10.5 Å². The molecule has 2 N–H and O–H groups in total. The van der Waals surface area contributed by atoms with E-state index in [1.54, 1.807) is 7.11 Å². The van der Waals surface area contributed by atoms with Gasteiger partial charge in [0.15, 0.2) is 0 Å². The van der Waals surface area contributed by atoms with E-state index in [1.807, 2.05) is 24.4 Å². The number of amides is 2. The summed E-state index contributed by atoms with van der Waals surface area (Å²) >= 11 is 0. The predicted octanol–water partition coefficient (Wildman–Crippen LogP) is 3.99. The number of nitrogens with one attached hydrogen (secondary N) is 2. The third-order valence-electron chi connectivity index (χ3n) is 5.00. The van der Waals surface area contributed by atoms with E-state index in [4.69, 9.17) is 4.74 Å². The smallest absolute Gasteiger partial charge is 0.319 e. The van der Waals surface area contributed by atoms with Gasteiger partial charge in [0.2, 0.25) is 0 Å². The van der Waals surface area contributed by atoms with Crippen LogP contribution in [0.25, 0.3) is 10.9 Å². The molecule has 24 heavy (non-hydrogen) atoms. The van der Waals surface area contributed by atoms with Crippen molar-refractivity contribution in [3.05, 3.63) is 30.5 Å². The number of para-hydroxylation sites is 1. The number of carbonyl (C=O) groups is 1. The van der Waals surface area contributed by atoms with Crippen LogP contribution >= 0.6 is 0 Å². The molecule has 1 aromatic heterocycles. The number of nitrogens with zero attached hydrogens (tertiary/aromatic N) is 1. The maximum Gasteiger partial charge on any atom is 0.319 e. The van der Waals surface area contributed by atoms with Gasteiger partial charge in [-0.25, -0.2) is 4.79 Å². The van der Waals surface area contributed by atoms with Crippen LogP contribution < -0.4 is 10.6 Å². The third kappa shape index (κ3) is 3.73. The first-order valence-electron chi connectivity index (χ1n) is 8.83.